The van der Waals surface area contributed by atoms with E-state index < -0.39 is 37.0 Å². The molecule has 6 atom stereocenters. The van der Waals surface area contributed by atoms with Crippen molar-refractivity contribution in [3.63, 3.8) is 0 Å². The first-order chi connectivity index (χ1) is 14.3. The topological polar surface area (TPSA) is 66.4 Å². The third-order valence-electron chi connectivity index (χ3n) is 5.04. The maximum Gasteiger partial charge on any atom is 0.187 e. The van der Waals surface area contributed by atoms with Gasteiger partial charge in [-0.25, -0.2) is 0 Å². The minimum absolute atomic E-state index is 0.288. The van der Waals surface area contributed by atoms with Gasteiger partial charge in [-0.15, -0.1) is 6.58 Å². The first kappa shape index (κ1) is 20.2. The Bertz CT molecular complexity index is 767. The van der Waals surface area contributed by atoms with E-state index in [1.807, 2.05) is 60.7 Å². The fourth-order valence-electron chi connectivity index (χ4n) is 3.60. The molecule has 2 aromatic rings. The predicted octanol–water partition coefficient (Wildman–Crippen LogP) is 2.97. The standard InChI is InChI=1S/C23H26O6/c1-2-13-25-21-19(24)23(26-14-16-9-5-3-6-10-16)28-18-15-27-22(29-20(18)21)17-11-7-4-8-12-17/h2-12,18-24H,1,13-15H2/t18-,19-,20-,21-,22?,23-/m1/s1. The van der Waals surface area contributed by atoms with E-state index in [-0.39, 0.29) is 6.61 Å². The Balaban J connectivity index is 1.47. The molecule has 2 aliphatic rings. The smallest absolute Gasteiger partial charge is 0.187 e. The summed E-state index contributed by atoms with van der Waals surface area (Å²) in [5.41, 5.74) is 1.90. The fraction of sp³-hybridized carbons (Fsp3) is 0.391. The molecule has 0 radical (unpaired) electrons. The quantitative estimate of drug-likeness (QED) is 0.724. The minimum atomic E-state index is -1.01. The van der Waals surface area contributed by atoms with Crippen LogP contribution in [0.15, 0.2) is 73.3 Å². The molecule has 0 amide bonds. The summed E-state index contributed by atoms with van der Waals surface area (Å²) in [6.45, 7) is 4.62. The van der Waals surface area contributed by atoms with E-state index >= 15 is 0 Å². The van der Waals surface area contributed by atoms with Gasteiger partial charge in [0, 0.05) is 5.56 Å². The van der Waals surface area contributed by atoms with E-state index in [1.165, 1.54) is 0 Å². The summed E-state index contributed by atoms with van der Waals surface area (Å²) >= 11 is 0. The van der Waals surface area contributed by atoms with Gasteiger partial charge in [0.05, 0.1) is 19.8 Å². The molecule has 2 heterocycles. The SMILES string of the molecule is C=CCO[C@@H]1[C@@H](O)[C@H](OCc2ccccc2)O[C@@H]2COC(c3ccccc3)O[C@@H]12. The first-order valence-electron chi connectivity index (χ1n) is 9.80. The predicted molar refractivity (Wildman–Crippen MR) is 106 cm³/mol. The van der Waals surface area contributed by atoms with E-state index in [9.17, 15) is 5.11 Å². The summed E-state index contributed by atoms with van der Waals surface area (Å²) in [5.74, 6) is 0. The lowest BCUT2D eigenvalue weighted by Crippen LogP contribution is -2.63. The number of benzene rings is 2. The van der Waals surface area contributed by atoms with E-state index in [0.29, 0.717) is 13.2 Å². The first-order valence-corrected chi connectivity index (χ1v) is 9.80. The highest BCUT2D eigenvalue weighted by Gasteiger charge is 2.50. The molecule has 6 heteroatoms. The average Bonchev–Trinajstić information content (AvgIpc) is 2.78. The molecule has 2 fully saturated rings. The van der Waals surface area contributed by atoms with Gasteiger partial charge in [0.2, 0.25) is 0 Å². The van der Waals surface area contributed by atoms with Crippen LogP contribution in [0.1, 0.15) is 17.4 Å². The third kappa shape index (κ3) is 4.75. The second-order valence-corrected chi connectivity index (χ2v) is 7.09. The van der Waals surface area contributed by atoms with Gasteiger partial charge >= 0.3 is 0 Å². The normalized spacial score (nSPS) is 31.8. The Morgan fingerprint density at radius 1 is 1.00 bits per heavy atom. The maximum absolute atomic E-state index is 10.9. The molecule has 154 valence electrons. The van der Waals surface area contributed by atoms with Crippen LogP contribution in [0.5, 0.6) is 0 Å². The van der Waals surface area contributed by atoms with Crippen LogP contribution in [0.4, 0.5) is 0 Å². The summed E-state index contributed by atoms with van der Waals surface area (Å²) in [5, 5.41) is 10.9. The number of ether oxygens (including phenoxy) is 5. The van der Waals surface area contributed by atoms with Gasteiger partial charge in [0.1, 0.15) is 24.4 Å². The number of hydrogen-bond acceptors (Lipinski definition) is 6. The molecule has 4 rings (SSSR count). The maximum atomic E-state index is 10.9. The molecule has 2 aliphatic heterocycles. The number of aliphatic hydroxyl groups is 1. The van der Waals surface area contributed by atoms with Crippen molar-refractivity contribution < 1.29 is 28.8 Å². The lowest BCUT2D eigenvalue weighted by atomic mass is 9.97. The summed E-state index contributed by atoms with van der Waals surface area (Å²) in [4.78, 5) is 0. The molecule has 2 aromatic carbocycles. The molecule has 0 bridgehead atoms. The lowest BCUT2D eigenvalue weighted by molar-refractivity contribution is -0.366. The second kappa shape index (κ2) is 9.63. The molecular formula is C23H26O6. The van der Waals surface area contributed by atoms with Crippen LogP contribution < -0.4 is 0 Å². The Morgan fingerprint density at radius 2 is 1.72 bits per heavy atom. The number of fused-ring (bicyclic) bond motifs is 1. The molecule has 1 N–H and O–H groups in total. The van der Waals surface area contributed by atoms with Gasteiger partial charge in [-0.05, 0) is 5.56 Å². The molecule has 2 saturated heterocycles. The largest absolute Gasteiger partial charge is 0.385 e. The number of rotatable bonds is 7. The van der Waals surface area contributed by atoms with Crippen molar-refractivity contribution in [2.75, 3.05) is 13.2 Å². The van der Waals surface area contributed by atoms with Crippen LogP contribution in [0, 0.1) is 0 Å². The zero-order chi connectivity index (χ0) is 20.1. The molecule has 29 heavy (non-hydrogen) atoms. The zero-order valence-corrected chi connectivity index (χ0v) is 16.1. The van der Waals surface area contributed by atoms with Crippen molar-refractivity contribution in [3.8, 4) is 0 Å². The molecule has 1 unspecified atom stereocenters. The van der Waals surface area contributed by atoms with Crippen LogP contribution in [-0.4, -0.2) is 49.0 Å². The van der Waals surface area contributed by atoms with Gasteiger partial charge < -0.3 is 28.8 Å². The van der Waals surface area contributed by atoms with Crippen LogP contribution in [-0.2, 0) is 30.3 Å². The van der Waals surface area contributed by atoms with Gasteiger partial charge in [-0.2, -0.15) is 0 Å². The van der Waals surface area contributed by atoms with Gasteiger partial charge in [-0.3, -0.25) is 0 Å². The van der Waals surface area contributed by atoms with Crippen molar-refractivity contribution in [2.24, 2.45) is 0 Å². The van der Waals surface area contributed by atoms with Crippen LogP contribution >= 0.6 is 0 Å². The van der Waals surface area contributed by atoms with E-state index in [2.05, 4.69) is 6.58 Å². The fourth-order valence-corrected chi connectivity index (χ4v) is 3.60. The molecule has 0 aromatic heterocycles. The highest BCUT2D eigenvalue weighted by Crippen LogP contribution is 2.35. The molecule has 0 aliphatic carbocycles. The second-order valence-electron chi connectivity index (χ2n) is 7.09. The van der Waals surface area contributed by atoms with Crippen molar-refractivity contribution in [1.82, 2.24) is 0 Å². The van der Waals surface area contributed by atoms with Crippen LogP contribution in [0.2, 0.25) is 0 Å². The summed E-state index contributed by atoms with van der Waals surface area (Å²) in [6.07, 6.45) is -2.26. The summed E-state index contributed by atoms with van der Waals surface area (Å²) in [7, 11) is 0. The van der Waals surface area contributed by atoms with Crippen LogP contribution in [0.3, 0.4) is 0 Å². The molecular weight excluding hydrogens is 372 g/mol. The van der Waals surface area contributed by atoms with E-state index in [4.69, 9.17) is 23.7 Å². The number of aliphatic hydroxyl groups excluding tert-OH is 1. The van der Waals surface area contributed by atoms with E-state index in [0.717, 1.165) is 11.1 Å². The van der Waals surface area contributed by atoms with E-state index in [1.54, 1.807) is 6.08 Å². The van der Waals surface area contributed by atoms with Gasteiger partial charge in [0.25, 0.3) is 0 Å². The zero-order valence-electron chi connectivity index (χ0n) is 16.1. The van der Waals surface area contributed by atoms with Crippen molar-refractivity contribution in [3.05, 3.63) is 84.4 Å². The molecule has 0 saturated carbocycles. The van der Waals surface area contributed by atoms with Crippen molar-refractivity contribution in [2.45, 2.75) is 43.6 Å². The summed E-state index contributed by atoms with van der Waals surface area (Å²) in [6, 6.07) is 19.4. The highest BCUT2D eigenvalue weighted by atomic mass is 16.8. The van der Waals surface area contributed by atoms with Crippen molar-refractivity contribution >= 4 is 0 Å². The molecule has 0 spiro atoms. The average molecular weight is 398 g/mol. The van der Waals surface area contributed by atoms with Gasteiger partial charge in [0.15, 0.2) is 12.6 Å². The third-order valence-corrected chi connectivity index (χ3v) is 5.04. The lowest BCUT2D eigenvalue weighted by Gasteiger charge is -2.47. The Kier molecular flexibility index (Phi) is 6.71. The Hall–Kier alpha value is -2.06. The Labute approximate surface area is 170 Å². The van der Waals surface area contributed by atoms with Crippen molar-refractivity contribution in [1.29, 1.82) is 0 Å². The number of hydrogen-bond donors (Lipinski definition) is 1. The van der Waals surface area contributed by atoms with Crippen LogP contribution in [0.25, 0.3) is 0 Å². The minimum Gasteiger partial charge on any atom is -0.385 e. The van der Waals surface area contributed by atoms with Gasteiger partial charge in [-0.1, -0.05) is 66.7 Å². The molecule has 6 nitrogen and oxygen atoms in total. The highest BCUT2D eigenvalue weighted by molar-refractivity contribution is 5.17. The Morgan fingerprint density at radius 3 is 2.45 bits per heavy atom. The summed E-state index contributed by atoms with van der Waals surface area (Å²) < 4.78 is 29.7. The monoisotopic (exact) mass is 398 g/mol.